The molecule has 0 aliphatic heterocycles. The Labute approximate surface area is 111 Å². The number of anilines is 1. The lowest BCUT2D eigenvalue weighted by Gasteiger charge is -2.13. The van der Waals surface area contributed by atoms with Crippen molar-refractivity contribution < 1.29 is 15.0 Å². The first-order chi connectivity index (χ1) is 8.11. The molecule has 0 radical (unpaired) electrons. The van der Waals surface area contributed by atoms with Gasteiger partial charge in [-0.2, -0.15) is 5.10 Å². The zero-order valence-electron chi connectivity index (χ0n) is 9.61. The van der Waals surface area contributed by atoms with Crippen LogP contribution < -0.4 is 11.2 Å². The van der Waals surface area contributed by atoms with E-state index in [2.05, 4.69) is 10.4 Å². The summed E-state index contributed by atoms with van der Waals surface area (Å²) in [6, 6.07) is 7.06. The van der Waals surface area contributed by atoms with Crippen LogP contribution in [0.3, 0.4) is 0 Å². The van der Waals surface area contributed by atoms with Crippen LogP contribution in [-0.4, -0.2) is 28.6 Å². The molecule has 0 spiro atoms. The van der Waals surface area contributed by atoms with Gasteiger partial charge in [0.25, 0.3) is 0 Å². The number of halogens is 1. The van der Waals surface area contributed by atoms with E-state index in [4.69, 9.17) is 10.9 Å². The fourth-order valence-corrected chi connectivity index (χ4v) is 1.28. The normalized spacial score (nSPS) is 11.8. The van der Waals surface area contributed by atoms with Crippen LogP contribution in [0.15, 0.2) is 29.4 Å². The van der Waals surface area contributed by atoms with Crippen molar-refractivity contribution in [2.75, 3.05) is 5.32 Å². The fourth-order valence-electron chi connectivity index (χ4n) is 1.28. The minimum atomic E-state index is -0.930. The Morgan fingerprint density at radius 3 is 2.56 bits per heavy atom. The van der Waals surface area contributed by atoms with Crippen LogP contribution in [0.1, 0.15) is 18.4 Å². The predicted octanol–water partition coefficient (Wildman–Crippen LogP) is 0.996. The summed E-state index contributed by atoms with van der Waals surface area (Å²) >= 11 is 0. The molecule has 0 saturated heterocycles. The largest absolute Gasteiger partial charge is 0.481 e. The highest BCUT2D eigenvalue weighted by atomic mass is 35.5. The van der Waals surface area contributed by atoms with Gasteiger partial charge >= 0.3 is 5.97 Å². The number of hydrogen-bond donors (Lipinski definition) is 4. The van der Waals surface area contributed by atoms with E-state index in [0.29, 0.717) is 5.69 Å². The molecular formula is C11H16ClN3O3. The van der Waals surface area contributed by atoms with Gasteiger partial charge in [-0.1, -0.05) is 12.1 Å². The first-order valence-electron chi connectivity index (χ1n) is 5.11. The minimum absolute atomic E-state index is 0. The molecule has 0 bridgehead atoms. The van der Waals surface area contributed by atoms with Gasteiger partial charge in [0.05, 0.1) is 6.21 Å². The Balaban J connectivity index is 0.00000289. The molecule has 5 N–H and O–H groups in total. The molecule has 1 rings (SSSR count). The van der Waals surface area contributed by atoms with E-state index in [1.54, 1.807) is 24.3 Å². The van der Waals surface area contributed by atoms with E-state index in [9.17, 15) is 9.90 Å². The highest BCUT2D eigenvalue weighted by Gasteiger charge is 2.06. The number of nitrogens with two attached hydrogens (primary N) is 1. The van der Waals surface area contributed by atoms with Crippen molar-refractivity contribution in [3.8, 4) is 0 Å². The van der Waals surface area contributed by atoms with Crippen molar-refractivity contribution in [2.24, 2.45) is 10.9 Å². The van der Waals surface area contributed by atoms with Crippen LogP contribution >= 0.6 is 12.4 Å². The summed E-state index contributed by atoms with van der Waals surface area (Å²) < 4.78 is 0. The van der Waals surface area contributed by atoms with Gasteiger partial charge in [0.1, 0.15) is 6.23 Å². The molecule has 1 unspecified atom stereocenters. The molecule has 0 aliphatic carbocycles. The van der Waals surface area contributed by atoms with Gasteiger partial charge in [0.2, 0.25) is 0 Å². The van der Waals surface area contributed by atoms with Crippen LogP contribution in [0, 0.1) is 0 Å². The molecule has 6 nitrogen and oxygen atoms in total. The number of benzene rings is 1. The molecule has 7 heteroatoms. The zero-order chi connectivity index (χ0) is 12.7. The van der Waals surface area contributed by atoms with Crippen molar-refractivity contribution in [3.63, 3.8) is 0 Å². The van der Waals surface area contributed by atoms with Gasteiger partial charge < -0.3 is 21.4 Å². The molecular weight excluding hydrogens is 258 g/mol. The quantitative estimate of drug-likeness (QED) is 0.268. The number of nitrogens with zero attached hydrogens (tertiary/aromatic N) is 1. The van der Waals surface area contributed by atoms with Gasteiger partial charge in [-0.3, -0.25) is 4.79 Å². The number of aliphatic carboxylic acids is 1. The Morgan fingerprint density at radius 1 is 1.44 bits per heavy atom. The molecule has 1 aromatic carbocycles. The van der Waals surface area contributed by atoms with Crippen molar-refractivity contribution in [2.45, 2.75) is 19.1 Å². The Morgan fingerprint density at radius 2 is 2.06 bits per heavy atom. The summed E-state index contributed by atoms with van der Waals surface area (Å²) in [4.78, 5) is 10.3. The summed E-state index contributed by atoms with van der Waals surface area (Å²) in [5, 5.41) is 24.1. The molecule has 0 fully saturated rings. The van der Waals surface area contributed by atoms with Gasteiger partial charge in [0, 0.05) is 18.5 Å². The lowest BCUT2D eigenvalue weighted by Crippen LogP contribution is -2.19. The zero-order valence-corrected chi connectivity index (χ0v) is 10.4. The third kappa shape index (κ3) is 6.07. The molecule has 0 aromatic heterocycles. The fraction of sp³-hybridized carbons (Fsp3) is 0.273. The third-order valence-corrected chi connectivity index (χ3v) is 2.10. The molecule has 0 aliphatic rings. The summed E-state index contributed by atoms with van der Waals surface area (Å²) in [5.74, 6) is 4.08. The number of nitrogens with one attached hydrogen (secondary N) is 1. The SMILES string of the molecule is Cl.N/N=C/c1ccc(NC(O)CCC(=O)O)cc1. The van der Waals surface area contributed by atoms with Crippen molar-refractivity contribution in [1.29, 1.82) is 0 Å². The number of hydrazone groups is 1. The highest BCUT2D eigenvalue weighted by molar-refractivity contribution is 5.85. The Bertz CT molecular complexity index is 395. The second-order valence-corrected chi connectivity index (χ2v) is 3.49. The molecule has 1 atom stereocenters. The second-order valence-electron chi connectivity index (χ2n) is 3.49. The van der Waals surface area contributed by atoms with Crippen molar-refractivity contribution >= 4 is 30.3 Å². The first kappa shape index (κ1) is 16.2. The smallest absolute Gasteiger partial charge is 0.303 e. The molecule has 0 heterocycles. The molecule has 0 amide bonds. The topological polar surface area (TPSA) is 108 Å². The number of aliphatic hydroxyl groups is 1. The summed E-state index contributed by atoms with van der Waals surface area (Å²) in [7, 11) is 0. The standard InChI is InChI=1S/C11H15N3O3.ClH/c12-13-7-8-1-3-9(4-2-8)14-10(15)5-6-11(16)17;/h1-4,7,10,14-15H,5-6,12H2,(H,16,17);1H/b13-7+;. The number of carbonyl (C=O) groups is 1. The third-order valence-electron chi connectivity index (χ3n) is 2.10. The minimum Gasteiger partial charge on any atom is -0.481 e. The lowest BCUT2D eigenvalue weighted by atomic mass is 10.2. The number of rotatable bonds is 6. The summed E-state index contributed by atoms with van der Waals surface area (Å²) in [6.45, 7) is 0. The van der Waals surface area contributed by atoms with Gasteiger partial charge in [-0.15, -0.1) is 12.4 Å². The van der Waals surface area contributed by atoms with Crippen LogP contribution in [-0.2, 0) is 4.79 Å². The highest BCUT2D eigenvalue weighted by Crippen LogP contribution is 2.10. The monoisotopic (exact) mass is 273 g/mol. The van der Waals surface area contributed by atoms with Gasteiger partial charge in [-0.05, 0) is 17.7 Å². The summed E-state index contributed by atoms with van der Waals surface area (Å²) in [5.41, 5.74) is 1.55. The number of aliphatic hydroxyl groups excluding tert-OH is 1. The van der Waals surface area contributed by atoms with Crippen LogP contribution in [0.5, 0.6) is 0 Å². The second kappa shape index (κ2) is 8.32. The molecule has 18 heavy (non-hydrogen) atoms. The maximum absolute atomic E-state index is 10.3. The van der Waals surface area contributed by atoms with Crippen molar-refractivity contribution in [3.05, 3.63) is 29.8 Å². The lowest BCUT2D eigenvalue weighted by molar-refractivity contribution is -0.137. The molecule has 1 aromatic rings. The molecule has 0 saturated carbocycles. The number of carboxylic acid groups (broad SMARTS) is 1. The number of carboxylic acids is 1. The van der Waals surface area contributed by atoms with Gasteiger partial charge in [0.15, 0.2) is 0 Å². The maximum Gasteiger partial charge on any atom is 0.303 e. The average Bonchev–Trinajstić information content (AvgIpc) is 2.29. The van der Waals surface area contributed by atoms with E-state index < -0.39 is 12.2 Å². The Kier molecular flexibility index (Phi) is 7.50. The van der Waals surface area contributed by atoms with Crippen LogP contribution in [0.25, 0.3) is 0 Å². The average molecular weight is 274 g/mol. The van der Waals surface area contributed by atoms with E-state index in [1.807, 2.05) is 0 Å². The Hall–Kier alpha value is -1.79. The molecule has 100 valence electrons. The predicted molar refractivity (Wildman–Crippen MR) is 72.0 cm³/mol. The number of hydrogen-bond acceptors (Lipinski definition) is 5. The van der Waals surface area contributed by atoms with Gasteiger partial charge in [-0.25, -0.2) is 0 Å². The van der Waals surface area contributed by atoms with Crippen LogP contribution in [0.2, 0.25) is 0 Å². The van der Waals surface area contributed by atoms with E-state index in [0.717, 1.165) is 5.56 Å². The maximum atomic E-state index is 10.3. The first-order valence-corrected chi connectivity index (χ1v) is 5.11. The van der Waals surface area contributed by atoms with Crippen molar-refractivity contribution in [1.82, 2.24) is 0 Å². The van der Waals surface area contributed by atoms with Crippen LogP contribution in [0.4, 0.5) is 5.69 Å². The van der Waals surface area contributed by atoms with E-state index in [1.165, 1.54) is 6.21 Å². The van der Waals surface area contributed by atoms with E-state index in [-0.39, 0.29) is 25.2 Å². The summed E-state index contributed by atoms with van der Waals surface area (Å²) in [6.07, 6.45) is 0.707. The van der Waals surface area contributed by atoms with E-state index >= 15 is 0 Å².